The van der Waals surface area contributed by atoms with Crippen molar-refractivity contribution in [1.82, 2.24) is 14.5 Å². The van der Waals surface area contributed by atoms with Gasteiger partial charge in [0.25, 0.3) is 0 Å². The van der Waals surface area contributed by atoms with Crippen LogP contribution in [0, 0.1) is 0 Å². The first-order chi connectivity index (χ1) is 18.3. The van der Waals surface area contributed by atoms with Crippen LogP contribution in [0.3, 0.4) is 0 Å². The summed E-state index contributed by atoms with van der Waals surface area (Å²) in [6.45, 7) is 0. The average Bonchev–Trinajstić information content (AvgIpc) is 3.48. The molecule has 8 aromatic rings. The predicted molar refractivity (Wildman–Crippen MR) is 160 cm³/mol. The Morgan fingerprint density at radius 3 is 2.11 bits per heavy atom. The van der Waals surface area contributed by atoms with Crippen LogP contribution in [0.25, 0.3) is 70.1 Å². The highest BCUT2D eigenvalue weighted by Crippen LogP contribution is 2.42. The third-order valence-electron chi connectivity index (χ3n) is 7.10. The Balaban J connectivity index is 1.56. The second kappa shape index (κ2) is 7.97. The van der Waals surface area contributed by atoms with Gasteiger partial charge in [-0.1, -0.05) is 107 Å². The molecule has 0 aliphatic rings. The molecule has 0 fully saturated rings. The lowest BCUT2D eigenvalue weighted by atomic mass is 10.0. The molecule has 5 heteroatoms. The maximum Gasteiger partial charge on any atom is 0.236 e. The molecule has 174 valence electrons. The highest BCUT2D eigenvalue weighted by Gasteiger charge is 2.21. The quantitative estimate of drug-likeness (QED) is 0.212. The summed E-state index contributed by atoms with van der Waals surface area (Å²) in [5.74, 6) is 0.686. The molecule has 3 heterocycles. The van der Waals surface area contributed by atoms with Crippen LogP contribution in [-0.4, -0.2) is 14.5 Å². The molecule has 0 N–H and O–H groups in total. The molecule has 3 aromatic heterocycles. The fourth-order valence-corrected chi connectivity index (χ4v) is 7.15. The molecule has 0 saturated heterocycles. The van der Waals surface area contributed by atoms with Gasteiger partial charge in [0, 0.05) is 36.3 Å². The molecule has 0 unspecified atom stereocenters. The number of hydrogen-bond acceptors (Lipinski definition) is 3. The second-order valence-corrected chi connectivity index (χ2v) is 11.1. The van der Waals surface area contributed by atoms with Gasteiger partial charge < -0.3 is 0 Å². The lowest BCUT2D eigenvalue weighted by Gasteiger charge is -2.11. The fraction of sp³-hybridized carbons (Fsp3) is 0. The van der Waals surface area contributed by atoms with Crippen LogP contribution >= 0.6 is 27.3 Å². The predicted octanol–water partition coefficient (Wildman–Crippen LogP) is 9.52. The standard InChI is InChI=1S/C32H18BrN3S/c33-24-18-26-28(21-13-5-4-12-20(21)24)22-14-6-8-16-25(22)36(26)32-34-30(19-10-2-1-3-11-19)29-23-15-7-9-17-27(23)37-31(29)35-32/h1-18H. The van der Waals surface area contributed by atoms with Gasteiger partial charge in [-0.2, -0.15) is 0 Å². The Morgan fingerprint density at radius 1 is 0.595 bits per heavy atom. The van der Waals surface area contributed by atoms with E-state index in [0.717, 1.165) is 37.0 Å². The largest absolute Gasteiger partial charge is 0.278 e. The molecule has 0 bridgehead atoms. The third-order valence-corrected chi connectivity index (χ3v) is 8.82. The van der Waals surface area contributed by atoms with Gasteiger partial charge in [-0.25, -0.2) is 9.97 Å². The normalized spacial score (nSPS) is 11.9. The molecule has 3 nitrogen and oxygen atoms in total. The molecule has 0 aliphatic carbocycles. The molecule has 8 rings (SSSR count). The third kappa shape index (κ3) is 3.05. The van der Waals surface area contributed by atoms with Crippen molar-refractivity contribution in [3.05, 3.63) is 114 Å². The van der Waals surface area contributed by atoms with E-state index in [0.29, 0.717) is 5.95 Å². The zero-order valence-electron chi connectivity index (χ0n) is 19.5. The number of rotatable bonds is 2. The average molecular weight is 556 g/mol. The zero-order valence-corrected chi connectivity index (χ0v) is 21.9. The SMILES string of the molecule is Brc1cc2c(c3ccccc13)c1ccccc1n2-c1nc(-c2ccccc2)c2c(n1)sc1ccccc12. The minimum atomic E-state index is 0.686. The van der Waals surface area contributed by atoms with Gasteiger partial charge in [0.1, 0.15) is 4.83 Å². The number of fused-ring (bicyclic) bond motifs is 8. The van der Waals surface area contributed by atoms with E-state index < -0.39 is 0 Å². The van der Waals surface area contributed by atoms with Gasteiger partial charge in [0.05, 0.1) is 16.7 Å². The summed E-state index contributed by atoms with van der Waals surface area (Å²) < 4.78 is 4.50. The minimum Gasteiger partial charge on any atom is -0.278 e. The van der Waals surface area contributed by atoms with E-state index in [1.807, 2.05) is 6.07 Å². The first-order valence-electron chi connectivity index (χ1n) is 12.1. The summed E-state index contributed by atoms with van der Waals surface area (Å²) in [6, 6.07) is 38.3. The van der Waals surface area contributed by atoms with Crippen LogP contribution in [0.15, 0.2) is 114 Å². The van der Waals surface area contributed by atoms with Crippen molar-refractivity contribution in [3.8, 4) is 17.2 Å². The van der Waals surface area contributed by atoms with Crippen molar-refractivity contribution in [2.24, 2.45) is 0 Å². The Hall–Kier alpha value is -4.06. The Bertz CT molecular complexity index is 2160. The molecule has 0 spiro atoms. The number of hydrogen-bond donors (Lipinski definition) is 0. The molecule has 0 radical (unpaired) electrons. The molecule has 0 amide bonds. The highest BCUT2D eigenvalue weighted by atomic mass is 79.9. The van der Waals surface area contributed by atoms with E-state index in [1.165, 1.54) is 31.6 Å². The van der Waals surface area contributed by atoms with Gasteiger partial charge in [0.2, 0.25) is 5.95 Å². The minimum absolute atomic E-state index is 0.686. The van der Waals surface area contributed by atoms with Crippen LogP contribution in [0.5, 0.6) is 0 Å². The van der Waals surface area contributed by atoms with E-state index in [1.54, 1.807) is 11.3 Å². The zero-order chi connectivity index (χ0) is 24.5. The van der Waals surface area contributed by atoms with E-state index >= 15 is 0 Å². The molecular weight excluding hydrogens is 538 g/mol. The van der Waals surface area contributed by atoms with Gasteiger partial charge in [0.15, 0.2) is 0 Å². The topological polar surface area (TPSA) is 30.7 Å². The first kappa shape index (κ1) is 21.1. The Morgan fingerprint density at radius 2 is 1.27 bits per heavy atom. The van der Waals surface area contributed by atoms with E-state index in [9.17, 15) is 0 Å². The maximum absolute atomic E-state index is 5.29. The van der Waals surface area contributed by atoms with Crippen LogP contribution in [0.1, 0.15) is 0 Å². The molecule has 37 heavy (non-hydrogen) atoms. The summed E-state index contributed by atoms with van der Waals surface area (Å²) in [5, 5.41) is 7.14. The monoisotopic (exact) mass is 555 g/mol. The summed E-state index contributed by atoms with van der Waals surface area (Å²) in [5.41, 5.74) is 4.24. The number of para-hydroxylation sites is 1. The first-order valence-corrected chi connectivity index (χ1v) is 13.7. The molecule has 0 saturated carbocycles. The Kier molecular flexibility index (Phi) is 4.54. The van der Waals surface area contributed by atoms with Gasteiger partial charge in [-0.05, 0) is 29.0 Å². The number of benzene rings is 5. The molecule has 0 atom stereocenters. The molecule has 5 aromatic carbocycles. The lowest BCUT2D eigenvalue weighted by Crippen LogP contribution is -2.02. The summed E-state index contributed by atoms with van der Waals surface area (Å²) >= 11 is 5.57. The van der Waals surface area contributed by atoms with Gasteiger partial charge in [-0.3, -0.25) is 4.57 Å². The van der Waals surface area contributed by atoms with Crippen molar-refractivity contribution < 1.29 is 0 Å². The summed E-state index contributed by atoms with van der Waals surface area (Å²) in [4.78, 5) is 11.5. The molecular formula is C32H18BrN3S. The maximum atomic E-state index is 5.29. The Labute approximate surface area is 224 Å². The highest BCUT2D eigenvalue weighted by molar-refractivity contribution is 9.10. The number of nitrogens with zero attached hydrogens (tertiary/aromatic N) is 3. The number of thiophene rings is 1. The van der Waals surface area contributed by atoms with Crippen LogP contribution in [0.4, 0.5) is 0 Å². The number of aromatic nitrogens is 3. The molecule has 0 aliphatic heterocycles. The lowest BCUT2D eigenvalue weighted by molar-refractivity contribution is 1.02. The van der Waals surface area contributed by atoms with Crippen molar-refractivity contribution in [2.75, 3.05) is 0 Å². The second-order valence-electron chi connectivity index (χ2n) is 9.17. The summed E-state index contributed by atoms with van der Waals surface area (Å²) in [6.07, 6.45) is 0. The van der Waals surface area contributed by atoms with Crippen LogP contribution in [0.2, 0.25) is 0 Å². The van der Waals surface area contributed by atoms with E-state index in [4.69, 9.17) is 9.97 Å². The van der Waals surface area contributed by atoms with Crippen molar-refractivity contribution in [1.29, 1.82) is 0 Å². The van der Waals surface area contributed by atoms with Gasteiger partial charge in [-0.15, -0.1) is 11.3 Å². The van der Waals surface area contributed by atoms with Crippen molar-refractivity contribution in [2.45, 2.75) is 0 Å². The van der Waals surface area contributed by atoms with Crippen LogP contribution in [-0.2, 0) is 0 Å². The van der Waals surface area contributed by atoms with Crippen LogP contribution < -0.4 is 0 Å². The van der Waals surface area contributed by atoms with E-state index in [-0.39, 0.29) is 0 Å². The van der Waals surface area contributed by atoms with E-state index in [2.05, 4.69) is 124 Å². The van der Waals surface area contributed by atoms with Crippen molar-refractivity contribution in [3.63, 3.8) is 0 Å². The van der Waals surface area contributed by atoms with Crippen molar-refractivity contribution >= 4 is 80.1 Å². The summed E-state index contributed by atoms with van der Waals surface area (Å²) in [7, 11) is 0. The number of halogens is 1. The smallest absolute Gasteiger partial charge is 0.236 e. The fourth-order valence-electron chi connectivity index (χ4n) is 5.52. The van der Waals surface area contributed by atoms with Gasteiger partial charge >= 0.3 is 0 Å².